The van der Waals surface area contributed by atoms with E-state index in [1.54, 1.807) is 6.07 Å². The minimum Gasteiger partial charge on any atom is -0.508 e. The fourth-order valence-electron chi connectivity index (χ4n) is 7.00. The molecule has 0 radical (unpaired) electrons. The number of aliphatic carboxylic acids is 1. The van der Waals surface area contributed by atoms with Crippen molar-refractivity contribution >= 4 is 5.97 Å². The van der Waals surface area contributed by atoms with E-state index in [2.05, 4.69) is 6.92 Å². The maximum atomic E-state index is 11.4. The fourth-order valence-corrected chi connectivity index (χ4v) is 7.00. The summed E-state index contributed by atoms with van der Waals surface area (Å²) in [6, 6.07) is 5.58. The van der Waals surface area contributed by atoms with Gasteiger partial charge in [-0.2, -0.15) is 0 Å². The molecule has 11 atom stereocenters. The Morgan fingerprint density at radius 2 is 1.88 bits per heavy atom. The van der Waals surface area contributed by atoms with Crippen LogP contribution in [0.2, 0.25) is 0 Å². The fraction of sp³-hybridized carbons (Fsp3) is 0.708. The maximum absolute atomic E-state index is 11.4. The van der Waals surface area contributed by atoms with E-state index < -0.39 is 54.3 Å². The molecule has 5 rings (SSSR count). The monoisotopic (exact) mass is 464 g/mol. The molecule has 182 valence electrons. The number of phenols is 1. The van der Waals surface area contributed by atoms with Crippen LogP contribution < -0.4 is 0 Å². The highest BCUT2D eigenvalue weighted by Crippen LogP contribution is 2.61. The van der Waals surface area contributed by atoms with E-state index in [9.17, 15) is 35.4 Å². The Morgan fingerprint density at radius 3 is 2.61 bits per heavy atom. The molecular formula is C24H32O9. The molecule has 1 heterocycles. The predicted octanol–water partition coefficient (Wildman–Crippen LogP) is 0.496. The average molecular weight is 465 g/mol. The molecule has 1 aromatic carbocycles. The molecule has 9 heteroatoms. The molecule has 33 heavy (non-hydrogen) atoms. The molecule has 0 bridgehead atoms. The molecule has 1 aromatic rings. The number of fused-ring (bicyclic) bond motifs is 5. The quantitative estimate of drug-likeness (QED) is 0.375. The number of aliphatic hydroxyl groups excluding tert-OH is 4. The summed E-state index contributed by atoms with van der Waals surface area (Å²) in [4.78, 5) is 11.4. The van der Waals surface area contributed by atoms with Crippen LogP contribution in [0, 0.1) is 17.3 Å². The van der Waals surface area contributed by atoms with Gasteiger partial charge in [-0.1, -0.05) is 13.0 Å². The molecule has 3 aliphatic carbocycles. The van der Waals surface area contributed by atoms with Gasteiger partial charge in [0.2, 0.25) is 0 Å². The van der Waals surface area contributed by atoms with Crippen LogP contribution in [0.4, 0.5) is 0 Å². The highest BCUT2D eigenvalue weighted by atomic mass is 16.7. The molecule has 3 fully saturated rings. The summed E-state index contributed by atoms with van der Waals surface area (Å²) in [6.45, 7) is 2.06. The minimum absolute atomic E-state index is 0.157. The van der Waals surface area contributed by atoms with Gasteiger partial charge in [-0.25, -0.2) is 4.79 Å². The van der Waals surface area contributed by atoms with Crippen molar-refractivity contribution < 1.29 is 44.9 Å². The number of benzene rings is 1. The number of phenolic OH excluding ortho intramolecular Hbond substituents is 1. The number of rotatable bonds is 3. The Balaban J connectivity index is 1.36. The average Bonchev–Trinajstić information content (AvgIpc) is 3.03. The van der Waals surface area contributed by atoms with Gasteiger partial charge in [0, 0.05) is 0 Å². The standard InChI is InChI=1S/C24H32O9/c1-24-7-6-13-12-5-3-11(25)8-10(12)2-4-14(13)15(24)9-16(21(24)29)32-23-19(28)17(26)18(27)20(33-23)22(30)31/h3,5,8,13-21,23,25-29H,2,4,6-7,9H2,1H3,(H,30,31)/t13-,14+,15+,16+,17-,18+,19-,20-,21+,23+,24-/m1/s1. The van der Waals surface area contributed by atoms with Crippen molar-refractivity contribution in [1.82, 2.24) is 0 Å². The zero-order valence-corrected chi connectivity index (χ0v) is 18.4. The third kappa shape index (κ3) is 3.57. The highest BCUT2D eigenvalue weighted by molar-refractivity contribution is 5.73. The molecule has 4 aliphatic rings. The Morgan fingerprint density at radius 1 is 1.12 bits per heavy atom. The van der Waals surface area contributed by atoms with Crippen LogP contribution in [0.5, 0.6) is 5.75 Å². The van der Waals surface area contributed by atoms with Gasteiger partial charge in [0.15, 0.2) is 12.4 Å². The van der Waals surface area contributed by atoms with E-state index in [0.717, 1.165) is 25.7 Å². The van der Waals surface area contributed by atoms with Crippen LogP contribution in [-0.2, 0) is 20.7 Å². The lowest BCUT2D eigenvalue weighted by Crippen LogP contribution is -2.61. The molecule has 0 amide bonds. The number of aliphatic hydroxyl groups is 4. The third-order valence-corrected chi connectivity index (χ3v) is 8.78. The van der Waals surface area contributed by atoms with Gasteiger partial charge >= 0.3 is 5.97 Å². The molecule has 1 saturated heterocycles. The van der Waals surface area contributed by atoms with Gasteiger partial charge in [-0.05, 0) is 78.5 Å². The lowest BCUT2D eigenvalue weighted by Gasteiger charge is -2.49. The zero-order valence-electron chi connectivity index (χ0n) is 18.4. The SMILES string of the molecule is C[C@@]12CC[C@@H]3c4ccc(O)cc4CC[C@@H]3[C@@H]1C[C@H](O[C@H]1O[C@@H](C(=O)O)[C@@H](O)[C@@H](O)[C@H]1O)[C@@H]2O. The number of carboxylic acids is 1. The summed E-state index contributed by atoms with van der Waals surface area (Å²) in [5.74, 6) is -0.367. The largest absolute Gasteiger partial charge is 0.508 e. The van der Waals surface area contributed by atoms with Crippen molar-refractivity contribution in [3.63, 3.8) is 0 Å². The first kappa shape index (κ1) is 23.0. The topological polar surface area (TPSA) is 157 Å². The molecule has 0 aromatic heterocycles. The number of carbonyl (C=O) groups is 1. The molecule has 6 N–H and O–H groups in total. The van der Waals surface area contributed by atoms with E-state index in [4.69, 9.17) is 9.47 Å². The van der Waals surface area contributed by atoms with Crippen LogP contribution in [0.25, 0.3) is 0 Å². The number of hydrogen-bond acceptors (Lipinski definition) is 8. The molecule has 1 aliphatic heterocycles. The van der Waals surface area contributed by atoms with Gasteiger partial charge < -0.3 is 40.1 Å². The second-order valence-corrected chi connectivity index (χ2v) is 10.4. The first-order chi connectivity index (χ1) is 15.6. The lowest BCUT2D eigenvalue weighted by atomic mass is 9.55. The van der Waals surface area contributed by atoms with Crippen LogP contribution in [0.1, 0.15) is 49.7 Å². The molecule has 0 unspecified atom stereocenters. The van der Waals surface area contributed by atoms with E-state index in [1.165, 1.54) is 11.1 Å². The second-order valence-electron chi connectivity index (χ2n) is 10.4. The van der Waals surface area contributed by atoms with Crippen molar-refractivity contribution in [3.8, 4) is 5.75 Å². The maximum Gasteiger partial charge on any atom is 0.335 e. The summed E-state index contributed by atoms with van der Waals surface area (Å²) < 4.78 is 11.2. The van der Waals surface area contributed by atoms with Gasteiger partial charge in [-0.15, -0.1) is 0 Å². The predicted molar refractivity (Wildman–Crippen MR) is 113 cm³/mol. The Labute approximate surface area is 191 Å². The first-order valence-corrected chi connectivity index (χ1v) is 11.7. The van der Waals surface area contributed by atoms with Gasteiger partial charge in [-0.3, -0.25) is 0 Å². The van der Waals surface area contributed by atoms with Crippen molar-refractivity contribution in [1.29, 1.82) is 0 Å². The van der Waals surface area contributed by atoms with Crippen molar-refractivity contribution in [2.75, 3.05) is 0 Å². The second kappa shape index (κ2) is 8.18. The van der Waals surface area contributed by atoms with Crippen molar-refractivity contribution in [3.05, 3.63) is 29.3 Å². The Bertz CT molecular complexity index is 921. The van der Waals surface area contributed by atoms with E-state index >= 15 is 0 Å². The normalized spacial score (nSPS) is 46.8. The summed E-state index contributed by atoms with van der Waals surface area (Å²) in [5.41, 5.74) is 2.04. The van der Waals surface area contributed by atoms with E-state index in [1.807, 2.05) is 12.1 Å². The van der Waals surface area contributed by atoms with Crippen LogP contribution in [0.15, 0.2) is 18.2 Å². The number of carboxylic acid groups (broad SMARTS) is 1. The van der Waals surface area contributed by atoms with E-state index in [0.29, 0.717) is 18.3 Å². The summed E-state index contributed by atoms with van der Waals surface area (Å²) >= 11 is 0. The molecule has 9 nitrogen and oxygen atoms in total. The van der Waals surface area contributed by atoms with Crippen molar-refractivity contribution in [2.24, 2.45) is 17.3 Å². The van der Waals surface area contributed by atoms with Crippen LogP contribution in [-0.4, -0.2) is 79.5 Å². The smallest absolute Gasteiger partial charge is 0.335 e. The van der Waals surface area contributed by atoms with Crippen LogP contribution >= 0.6 is 0 Å². The highest BCUT2D eigenvalue weighted by Gasteiger charge is 2.59. The molecule has 2 saturated carbocycles. The van der Waals surface area contributed by atoms with Crippen LogP contribution in [0.3, 0.4) is 0 Å². The summed E-state index contributed by atoms with van der Waals surface area (Å²) in [6.07, 6.45) is -5.89. The van der Waals surface area contributed by atoms with Gasteiger partial charge in [0.1, 0.15) is 24.1 Å². The summed E-state index contributed by atoms with van der Waals surface area (Å²) in [7, 11) is 0. The van der Waals surface area contributed by atoms with Crippen molar-refractivity contribution in [2.45, 2.75) is 87.9 Å². The number of aryl methyl sites for hydroxylation is 1. The van der Waals surface area contributed by atoms with Gasteiger partial charge in [0.05, 0.1) is 12.2 Å². The number of hydrogen-bond donors (Lipinski definition) is 6. The zero-order chi connectivity index (χ0) is 23.7. The minimum atomic E-state index is -1.78. The number of aromatic hydroxyl groups is 1. The molecular weight excluding hydrogens is 432 g/mol. The Kier molecular flexibility index (Phi) is 5.70. The van der Waals surface area contributed by atoms with Gasteiger partial charge in [0.25, 0.3) is 0 Å². The summed E-state index contributed by atoms with van der Waals surface area (Å²) in [5, 5.41) is 60.7. The molecule has 0 spiro atoms. The third-order valence-electron chi connectivity index (χ3n) is 8.78. The first-order valence-electron chi connectivity index (χ1n) is 11.7. The lowest BCUT2D eigenvalue weighted by molar-refractivity contribution is -0.309. The van der Waals surface area contributed by atoms with E-state index in [-0.39, 0.29) is 11.7 Å². The number of ether oxygens (including phenoxy) is 2. The Hall–Kier alpha value is -1.75.